The molecule has 0 aromatic heterocycles. The third-order valence-corrected chi connectivity index (χ3v) is 0.951. The molecule has 0 unspecified atom stereocenters. The van der Waals surface area contributed by atoms with Crippen molar-refractivity contribution >= 4 is 11.9 Å². The predicted molar refractivity (Wildman–Crippen MR) is 30.5 cm³/mol. The highest BCUT2D eigenvalue weighted by Gasteiger charge is 2.10. The second kappa shape index (κ2) is 2.48. The summed E-state index contributed by atoms with van der Waals surface area (Å²) in [6.07, 6.45) is -0.0833. The molecule has 0 radical (unpaired) electrons. The Hall–Kier alpha value is -1.06. The van der Waals surface area contributed by atoms with E-state index in [2.05, 4.69) is 4.99 Å². The fraction of sp³-hybridized carbons (Fsp3) is 0.600. The Bertz CT molecular complexity index is 152. The van der Waals surface area contributed by atoms with Crippen LogP contribution >= 0.6 is 0 Å². The normalized spacial score (nSPS) is 16.7. The Kier molecular flexibility index (Phi) is 1.67. The van der Waals surface area contributed by atoms with Gasteiger partial charge in [0.15, 0.2) is 5.90 Å². The average molecular weight is 129 g/mol. The van der Waals surface area contributed by atoms with Gasteiger partial charge in [-0.25, -0.2) is 0 Å². The van der Waals surface area contributed by atoms with E-state index in [1.807, 2.05) is 0 Å². The first-order valence-electron chi connectivity index (χ1n) is 2.67. The SMILES string of the molecule is O=C(O)CC1=NCCO1. The van der Waals surface area contributed by atoms with Gasteiger partial charge in [0.05, 0.1) is 6.54 Å². The van der Waals surface area contributed by atoms with Crippen LogP contribution in [0.2, 0.25) is 0 Å². The van der Waals surface area contributed by atoms with E-state index in [0.29, 0.717) is 19.0 Å². The largest absolute Gasteiger partial charge is 0.481 e. The first kappa shape index (κ1) is 6.07. The van der Waals surface area contributed by atoms with Crippen LogP contribution in [0.15, 0.2) is 4.99 Å². The van der Waals surface area contributed by atoms with Gasteiger partial charge in [0.2, 0.25) is 0 Å². The lowest BCUT2D eigenvalue weighted by Gasteiger charge is -1.93. The standard InChI is InChI=1S/C5H7NO3/c7-5(8)3-4-6-1-2-9-4/h1-3H2,(H,7,8). The Morgan fingerprint density at radius 2 is 2.67 bits per heavy atom. The number of ether oxygens (including phenoxy) is 1. The van der Waals surface area contributed by atoms with Gasteiger partial charge in [0, 0.05) is 0 Å². The van der Waals surface area contributed by atoms with Crippen LogP contribution in [0, 0.1) is 0 Å². The van der Waals surface area contributed by atoms with E-state index >= 15 is 0 Å². The Morgan fingerprint density at radius 1 is 1.89 bits per heavy atom. The van der Waals surface area contributed by atoms with E-state index in [-0.39, 0.29) is 6.42 Å². The van der Waals surface area contributed by atoms with Crippen molar-refractivity contribution in [2.45, 2.75) is 6.42 Å². The lowest BCUT2D eigenvalue weighted by atomic mass is 10.4. The molecular weight excluding hydrogens is 122 g/mol. The van der Waals surface area contributed by atoms with Gasteiger partial charge in [-0.05, 0) is 0 Å². The third kappa shape index (κ3) is 1.71. The van der Waals surface area contributed by atoms with Gasteiger partial charge >= 0.3 is 5.97 Å². The summed E-state index contributed by atoms with van der Waals surface area (Å²) in [5.74, 6) is -0.543. The summed E-state index contributed by atoms with van der Waals surface area (Å²) in [7, 11) is 0. The minimum atomic E-state index is -0.893. The first-order valence-corrected chi connectivity index (χ1v) is 2.67. The minimum Gasteiger partial charge on any atom is -0.481 e. The molecule has 1 aliphatic rings. The lowest BCUT2D eigenvalue weighted by molar-refractivity contribution is -0.135. The zero-order valence-corrected chi connectivity index (χ0v) is 4.83. The van der Waals surface area contributed by atoms with Gasteiger partial charge in [-0.15, -0.1) is 0 Å². The summed E-state index contributed by atoms with van der Waals surface area (Å²) in [5, 5.41) is 8.21. The summed E-state index contributed by atoms with van der Waals surface area (Å²) in [4.78, 5) is 13.8. The molecule has 0 aromatic carbocycles. The van der Waals surface area contributed by atoms with Crippen LogP contribution < -0.4 is 0 Å². The van der Waals surface area contributed by atoms with E-state index in [9.17, 15) is 4.79 Å². The Labute approximate surface area is 52.2 Å². The van der Waals surface area contributed by atoms with Crippen molar-refractivity contribution in [2.24, 2.45) is 4.99 Å². The summed E-state index contributed by atoms with van der Waals surface area (Å²) < 4.78 is 4.83. The predicted octanol–water partition coefficient (Wildman–Crippen LogP) is -0.110. The summed E-state index contributed by atoms with van der Waals surface area (Å²) in [6, 6.07) is 0. The van der Waals surface area contributed by atoms with Crippen LogP contribution in [0.25, 0.3) is 0 Å². The summed E-state index contributed by atoms with van der Waals surface area (Å²) in [5.41, 5.74) is 0. The molecule has 1 N–H and O–H groups in total. The Balaban J connectivity index is 2.35. The maximum Gasteiger partial charge on any atom is 0.312 e. The molecular formula is C5H7NO3. The molecule has 0 aliphatic carbocycles. The molecule has 0 bridgehead atoms. The molecule has 4 heteroatoms. The molecule has 0 aromatic rings. The highest BCUT2D eigenvalue weighted by molar-refractivity contribution is 5.93. The third-order valence-electron chi connectivity index (χ3n) is 0.951. The number of carboxylic acids is 1. The molecule has 0 saturated heterocycles. The van der Waals surface area contributed by atoms with Gasteiger partial charge in [-0.2, -0.15) is 0 Å². The highest BCUT2D eigenvalue weighted by atomic mass is 16.5. The van der Waals surface area contributed by atoms with Gasteiger partial charge in [0.1, 0.15) is 13.0 Å². The number of aliphatic imine (C=N–C) groups is 1. The minimum absolute atomic E-state index is 0.0833. The summed E-state index contributed by atoms with van der Waals surface area (Å²) >= 11 is 0. The van der Waals surface area contributed by atoms with Crippen molar-refractivity contribution in [1.29, 1.82) is 0 Å². The number of carboxylic acid groups (broad SMARTS) is 1. The molecule has 0 spiro atoms. The second-order valence-electron chi connectivity index (χ2n) is 1.69. The van der Waals surface area contributed by atoms with Gasteiger partial charge in [-0.1, -0.05) is 0 Å². The van der Waals surface area contributed by atoms with Crippen LogP contribution in [0.3, 0.4) is 0 Å². The fourth-order valence-electron chi connectivity index (χ4n) is 0.616. The smallest absolute Gasteiger partial charge is 0.312 e. The maximum atomic E-state index is 9.99. The van der Waals surface area contributed by atoms with Gasteiger partial charge in [0.25, 0.3) is 0 Å². The average Bonchev–Trinajstić information content (AvgIpc) is 2.15. The zero-order valence-electron chi connectivity index (χ0n) is 4.83. The van der Waals surface area contributed by atoms with E-state index in [0.717, 1.165) is 0 Å². The molecule has 9 heavy (non-hydrogen) atoms. The molecule has 0 amide bonds. The van der Waals surface area contributed by atoms with Crippen molar-refractivity contribution in [2.75, 3.05) is 13.2 Å². The monoisotopic (exact) mass is 129 g/mol. The number of hydrogen-bond acceptors (Lipinski definition) is 3. The number of aliphatic carboxylic acids is 1. The maximum absolute atomic E-state index is 9.99. The van der Waals surface area contributed by atoms with Crippen molar-refractivity contribution in [1.82, 2.24) is 0 Å². The molecule has 1 rings (SSSR count). The van der Waals surface area contributed by atoms with Crippen LogP contribution in [0.4, 0.5) is 0 Å². The highest BCUT2D eigenvalue weighted by Crippen LogP contribution is 1.97. The van der Waals surface area contributed by atoms with E-state index in [4.69, 9.17) is 9.84 Å². The van der Waals surface area contributed by atoms with Crippen LogP contribution in [-0.2, 0) is 9.53 Å². The number of carbonyl (C=O) groups is 1. The Morgan fingerprint density at radius 3 is 3.11 bits per heavy atom. The molecule has 0 fully saturated rings. The number of hydrogen-bond donors (Lipinski definition) is 1. The quantitative estimate of drug-likeness (QED) is 0.565. The summed E-state index contributed by atoms with van der Waals surface area (Å²) in [6.45, 7) is 1.13. The number of nitrogens with zero attached hydrogens (tertiary/aromatic N) is 1. The van der Waals surface area contributed by atoms with Crippen molar-refractivity contribution in [3.63, 3.8) is 0 Å². The van der Waals surface area contributed by atoms with Crippen molar-refractivity contribution in [3.8, 4) is 0 Å². The van der Waals surface area contributed by atoms with Gasteiger partial charge in [-0.3, -0.25) is 9.79 Å². The van der Waals surface area contributed by atoms with E-state index in [1.54, 1.807) is 0 Å². The molecule has 1 heterocycles. The lowest BCUT2D eigenvalue weighted by Crippen LogP contribution is -2.06. The van der Waals surface area contributed by atoms with Gasteiger partial charge < -0.3 is 9.84 Å². The first-order chi connectivity index (χ1) is 4.29. The van der Waals surface area contributed by atoms with E-state index in [1.165, 1.54) is 0 Å². The van der Waals surface area contributed by atoms with Crippen LogP contribution in [0.5, 0.6) is 0 Å². The second-order valence-corrected chi connectivity index (χ2v) is 1.69. The molecule has 0 atom stereocenters. The molecule has 0 saturated carbocycles. The van der Waals surface area contributed by atoms with Crippen LogP contribution in [-0.4, -0.2) is 30.1 Å². The van der Waals surface area contributed by atoms with Crippen molar-refractivity contribution in [3.05, 3.63) is 0 Å². The van der Waals surface area contributed by atoms with E-state index < -0.39 is 5.97 Å². The number of rotatable bonds is 2. The molecule has 50 valence electrons. The fourth-order valence-corrected chi connectivity index (χ4v) is 0.616. The van der Waals surface area contributed by atoms with Crippen LogP contribution in [0.1, 0.15) is 6.42 Å². The zero-order chi connectivity index (χ0) is 6.69. The molecule has 1 aliphatic heterocycles. The van der Waals surface area contributed by atoms with Crippen molar-refractivity contribution < 1.29 is 14.6 Å². The topological polar surface area (TPSA) is 58.9 Å². The molecule has 4 nitrogen and oxygen atoms in total.